The van der Waals surface area contributed by atoms with Crippen LogP contribution in [0.2, 0.25) is 0 Å². The van der Waals surface area contributed by atoms with Gasteiger partial charge in [0.15, 0.2) is 0 Å². The maximum absolute atomic E-state index is 12.7. The van der Waals surface area contributed by atoms with Gasteiger partial charge in [0, 0.05) is 35.3 Å². The lowest BCUT2D eigenvalue weighted by atomic mass is 10.1. The fourth-order valence-electron chi connectivity index (χ4n) is 2.09. The molecular formula is C16H14F2N2O3. The highest BCUT2D eigenvalue weighted by Gasteiger charge is 2.24. The molecule has 1 aliphatic carbocycles. The fraction of sp³-hybridized carbons (Fsp3) is 0.312. The predicted octanol–water partition coefficient (Wildman–Crippen LogP) is 3.57. The molecule has 0 aromatic carbocycles. The van der Waals surface area contributed by atoms with E-state index in [9.17, 15) is 18.7 Å². The smallest absolute Gasteiger partial charge is 0.341 e. The summed E-state index contributed by atoms with van der Waals surface area (Å²) >= 11 is 0. The number of hydrogen-bond acceptors (Lipinski definition) is 4. The van der Waals surface area contributed by atoms with Crippen LogP contribution in [0.4, 0.5) is 8.78 Å². The molecule has 0 bridgehead atoms. The number of pyridine rings is 2. The minimum Gasteiger partial charge on any atom is -0.477 e. The molecule has 1 aliphatic rings. The van der Waals surface area contributed by atoms with Crippen molar-refractivity contribution >= 4 is 5.97 Å². The van der Waals surface area contributed by atoms with Gasteiger partial charge in [0.05, 0.1) is 6.61 Å². The van der Waals surface area contributed by atoms with Crippen LogP contribution in [0.15, 0.2) is 30.7 Å². The van der Waals surface area contributed by atoms with Crippen molar-refractivity contribution in [1.82, 2.24) is 9.97 Å². The van der Waals surface area contributed by atoms with Gasteiger partial charge in [-0.25, -0.2) is 18.6 Å². The maximum atomic E-state index is 12.7. The average Bonchev–Trinajstić information content (AvgIpc) is 3.37. The summed E-state index contributed by atoms with van der Waals surface area (Å²) in [4.78, 5) is 19.2. The van der Waals surface area contributed by atoms with Gasteiger partial charge in [0.1, 0.15) is 5.56 Å². The molecule has 1 N–H and O–H groups in total. The van der Waals surface area contributed by atoms with Crippen LogP contribution in [-0.2, 0) is 0 Å². The lowest BCUT2D eigenvalue weighted by Crippen LogP contribution is -2.07. The SMILES string of the molecule is O=C(O)c1cc(-c2cncc(C(F)F)c2)cnc1OCC1CC1. The van der Waals surface area contributed by atoms with Crippen molar-refractivity contribution in [2.24, 2.45) is 5.92 Å². The molecule has 1 saturated carbocycles. The van der Waals surface area contributed by atoms with Gasteiger partial charge in [0.2, 0.25) is 5.88 Å². The zero-order valence-corrected chi connectivity index (χ0v) is 12.1. The van der Waals surface area contributed by atoms with Crippen LogP contribution in [0.3, 0.4) is 0 Å². The maximum Gasteiger partial charge on any atom is 0.341 e. The first-order chi connectivity index (χ1) is 11.0. The minimum atomic E-state index is -2.64. The van der Waals surface area contributed by atoms with Crippen molar-refractivity contribution in [3.63, 3.8) is 0 Å². The molecule has 120 valence electrons. The lowest BCUT2D eigenvalue weighted by Gasteiger charge is -2.10. The van der Waals surface area contributed by atoms with Gasteiger partial charge in [0.25, 0.3) is 6.43 Å². The molecule has 0 atom stereocenters. The van der Waals surface area contributed by atoms with E-state index in [1.807, 2.05) is 0 Å². The van der Waals surface area contributed by atoms with E-state index in [-0.39, 0.29) is 17.0 Å². The molecule has 2 heterocycles. The third kappa shape index (κ3) is 3.61. The second kappa shape index (κ2) is 6.28. The molecule has 7 heteroatoms. The van der Waals surface area contributed by atoms with Crippen LogP contribution in [-0.4, -0.2) is 27.7 Å². The zero-order chi connectivity index (χ0) is 16.4. The van der Waals surface area contributed by atoms with Crippen LogP contribution >= 0.6 is 0 Å². The lowest BCUT2D eigenvalue weighted by molar-refractivity contribution is 0.0691. The van der Waals surface area contributed by atoms with E-state index in [1.165, 1.54) is 24.5 Å². The summed E-state index contributed by atoms with van der Waals surface area (Å²) in [7, 11) is 0. The number of alkyl halides is 2. The normalized spacial score (nSPS) is 14.0. The molecule has 0 radical (unpaired) electrons. The standard InChI is InChI=1S/C16H14F2N2O3/c17-14(18)12-3-10(5-19-6-12)11-4-13(16(21)22)15(20-7-11)23-8-9-1-2-9/h3-7,9,14H,1-2,8H2,(H,21,22). The molecule has 0 amide bonds. The van der Waals surface area contributed by atoms with E-state index < -0.39 is 12.4 Å². The first kappa shape index (κ1) is 15.3. The number of ether oxygens (including phenoxy) is 1. The van der Waals surface area contributed by atoms with Crippen LogP contribution in [0.25, 0.3) is 11.1 Å². The zero-order valence-electron chi connectivity index (χ0n) is 12.1. The van der Waals surface area contributed by atoms with E-state index >= 15 is 0 Å². The molecule has 2 aromatic heterocycles. The second-order valence-corrected chi connectivity index (χ2v) is 5.44. The molecule has 0 spiro atoms. The Hall–Kier alpha value is -2.57. The average molecular weight is 320 g/mol. The number of aromatic carboxylic acids is 1. The van der Waals surface area contributed by atoms with Crippen molar-refractivity contribution in [3.05, 3.63) is 41.9 Å². The highest BCUT2D eigenvalue weighted by atomic mass is 19.3. The van der Waals surface area contributed by atoms with E-state index in [0.29, 0.717) is 23.7 Å². The second-order valence-electron chi connectivity index (χ2n) is 5.44. The largest absolute Gasteiger partial charge is 0.477 e. The summed E-state index contributed by atoms with van der Waals surface area (Å²) in [5.74, 6) is -0.667. The number of carboxylic acids is 1. The Labute approximate surface area is 131 Å². The Morgan fingerprint density at radius 3 is 2.65 bits per heavy atom. The highest BCUT2D eigenvalue weighted by molar-refractivity contribution is 5.91. The van der Waals surface area contributed by atoms with Crippen molar-refractivity contribution in [2.75, 3.05) is 6.61 Å². The molecule has 5 nitrogen and oxygen atoms in total. The minimum absolute atomic E-state index is 0.0473. The Kier molecular flexibility index (Phi) is 4.18. The predicted molar refractivity (Wildman–Crippen MR) is 77.6 cm³/mol. The molecule has 1 fully saturated rings. The monoisotopic (exact) mass is 320 g/mol. The Morgan fingerprint density at radius 1 is 1.26 bits per heavy atom. The van der Waals surface area contributed by atoms with Gasteiger partial charge in [-0.3, -0.25) is 4.98 Å². The number of carboxylic acid groups (broad SMARTS) is 1. The topological polar surface area (TPSA) is 72.3 Å². The Bertz CT molecular complexity index is 733. The molecule has 2 aromatic rings. The van der Waals surface area contributed by atoms with Crippen molar-refractivity contribution in [3.8, 4) is 17.0 Å². The first-order valence-corrected chi connectivity index (χ1v) is 7.14. The summed E-state index contributed by atoms with van der Waals surface area (Å²) in [6.07, 6.45) is 3.38. The van der Waals surface area contributed by atoms with Gasteiger partial charge < -0.3 is 9.84 Å². The molecule has 3 rings (SSSR count). The molecule has 0 saturated heterocycles. The molecule has 23 heavy (non-hydrogen) atoms. The number of aromatic nitrogens is 2. The fourth-order valence-corrected chi connectivity index (χ4v) is 2.09. The van der Waals surface area contributed by atoms with E-state index in [2.05, 4.69) is 9.97 Å². The Morgan fingerprint density at radius 2 is 2.00 bits per heavy atom. The van der Waals surface area contributed by atoms with Crippen molar-refractivity contribution in [1.29, 1.82) is 0 Å². The number of hydrogen-bond donors (Lipinski definition) is 1. The quantitative estimate of drug-likeness (QED) is 0.881. The van der Waals surface area contributed by atoms with Gasteiger partial charge in [-0.05, 0) is 30.9 Å². The molecule has 0 aliphatic heterocycles. The Balaban J connectivity index is 1.91. The van der Waals surface area contributed by atoms with Gasteiger partial charge in [-0.2, -0.15) is 0 Å². The summed E-state index contributed by atoms with van der Waals surface area (Å²) in [5, 5.41) is 9.31. The summed E-state index contributed by atoms with van der Waals surface area (Å²) in [6.45, 7) is 0.440. The van der Waals surface area contributed by atoms with E-state index in [4.69, 9.17) is 4.74 Å². The van der Waals surface area contributed by atoms with Crippen molar-refractivity contribution in [2.45, 2.75) is 19.3 Å². The van der Waals surface area contributed by atoms with Crippen LogP contribution in [0.5, 0.6) is 5.88 Å². The number of rotatable bonds is 6. The van der Waals surface area contributed by atoms with Gasteiger partial charge in [-0.1, -0.05) is 0 Å². The van der Waals surface area contributed by atoms with Crippen molar-refractivity contribution < 1.29 is 23.4 Å². The van der Waals surface area contributed by atoms with Gasteiger partial charge >= 0.3 is 5.97 Å². The van der Waals surface area contributed by atoms with Crippen LogP contribution < -0.4 is 4.74 Å². The van der Waals surface area contributed by atoms with E-state index in [0.717, 1.165) is 19.0 Å². The van der Waals surface area contributed by atoms with Crippen LogP contribution in [0, 0.1) is 5.92 Å². The third-order valence-electron chi connectivity index (χ3n) is 3.58. The first-order valence-electron chi connectivity index (χ1n) is 7.14. The number of carbonyl (C=O) groups is 1. The summed E-state index contributed by atoms with van der Waals surface area (Å²) in [5.41, 5.74) is 0.460. The van der Waals surface area contributed by atoms with Crippen LogP contribution in [0.1, 0.15) is 35.2 Å². The van der Waals surface area contributed by atoms with Gasteiger partial charge in [-0.15, -0.1) is 0 Å². The number of nitrogens with zero attached hydrogens (tertiary/aromatic N) is 2. The number of halogens is 2. The summed E-state index contributed by atoms with van der Waals surface area (Å²) < 4.78 is 30.9. The highest BCUT2D eigenvalue weighted by Crippen LogP contribution is 2.31. The molecular weight excluding hydrogens is 306 g/mol. The molecule has 0 unspecified atom stereocenters. The third-order valence-corrected chi connectivity index (χ3v) is 3.58. The summed E-state index contributed by atoms with van der Waals surface area (Å²) in [6, 6.07) is 2.63. The van der Waals surface area contributed by atoms with E-state index in [1.54, 1.807) is 0 Å².